The van der Waals surface area contributed by atoms with Crippen molar-refractivity contribution in [2.75, 3.05) is 42.6 Å². The number of nitrogens with zero attached hydrogens (tertiary/aromatic N) is 5. The van der Waals surface area contributed by atoms with Crippen molar-refractivity contribution in [3.8, 4) is 5.75 Å². The molecule has 0 aliphatic carbocycles. The molecule has 182 valence electrons. The highest BCUT2D eigenvalue weighted by Crippen LogP contribution is 2.23. The first-order valence-corrected chi connectivity index (χ1v) is 11.6. The maximum Gasteiger partial charge on any atom is 0.329 e. The number of aryl methyl sites for hydroxylation is 1. The van der Waals surface area contributed by atoms with E-state index in [2.05, 4.69) is 31.9 Å². The van der Waals surface area contributed by atoms with Crippen molar-refractivity contribution in [2.24, 2.45) is 7.05 Å². The molecular weight excluding hydrogens is 448 g/mol. The lowest BCUT2D eigenvalue weighted by atomic mass is 10.2. The van der Waals surface area contributed by atoms with E-state index in [1.807, 2.05) is 48.5 Å². The van der Waals surface area contributed by atoms with Crippen molar-refractivity contribution in [3.05, 3.63) is 81.5 Å². The fourth-order valence-electron chi connectivity index (χ4n) is 4.41. The van der Waals surface area contributed by atoms with Crippen LogP contribution in [-0.2, 0) is 13.6 Å². The average Bonchev–Trinajstić information content (AvgIpc) is 3.27. The molecule has 0 saturated carbocycles. The Morgan fingerprint density at radius 2 is 1.60 bits per heavy atom. The van der Waals surface area contributed by atoms with Crippen LogP contribution in [-0.4, -0.2) is 63.1 Å². The summed E-state index contributed by atoms with van der Waals surface area (Å²) in [6, 6.07) is 19.5. The normalized spacial score (nSPS) is 14.9. The molecule has 0 radical (unpaired) electrons. The second-order valence-corrected chi connectivity index (χ2v) is 8.60. The van der Waals surface area contributed by atoms with Crippen molar-refractivity contribution >= 4 is 22.8 Å². The number of H-pyrrole nitrogens is 1. The van der Waals surface area contributed by atoms with Gasteiger partial charge in [-0.3, -0.25) is 14.3 Å². The molecule has 0 bridgehead atoms. The summed E-state index contributed by atoms with van der Waals surface area (Å²) in [5.41, 5.74) is 0.649. The monoisotopic (exact) mass is 476 g/mol. The van der Waals surface area contributed by atoms with Gasteiger partial charge in [-0.05, 0) is 24.3 Å². The van der Waals surface area contributed by atoms with Gasteiger partial charge >= 0.3 is 5.69 Å². The number of aromatic amines is 1. The summed E-state index contributed by atoms with van der Waals surface area (Å²) >= 11 is 0. The van der Waals surface area contributed by atoms with Gasteiger partial charge in [0.1, 0.15) is 18.5 Å². The van der Waals surface area contributed by atoms with Crippen molar-refractivity contribution < 1.29 is 9.84 Å². The minimum absolute atomic E-state index is 0.0502. The van der Waals surface area contributed by atoms with Crippen molar-refractivity contribution in [3.63, 3.8) is 0 Å². The van der Waals surface area contributed by atoms with Crippen molar-refractivity contribution in [2.45, 2.75) is 12.6 Å². The number of hydrogen-bond donors (Lipinski definition) is 2. The van der Waals surface area contributed by atoms with Gasteiger partial charge in [-0.25, -0.2) is 4.79 Å². The number of aliphatic hydroxyl groups excluding tert-OH is 1. The van der Waals surface area contributed by atoms with Gasteiger partial charge < -0.3 is 24.2 Å². The molecule has 1 aliphatic rings. The second kappa shape index (κ2) is 9.67. The SMILES string of the molecule is Cn1c(=O)[nH]c(=O)c2c1nc(N1CCN(c3ccccc3)CC1)n2C[C@@H](O)COc1ccccc1. The number of aromatic nitrogens is 4. The van der Waals surface area contributed by atoms with Crippen LogP contribution in [0.25, 0.3) is 11.2 Å². The van der Waals surface area contributed by atoms with Crippen molar-refractivity contribution in [1.82, 2.24) is 19.1 Å². The number of ether oxygens (including phenoxy) is 1. The minimum Gasteiger partial charge on any atom is -0.491 e. The average molecular weight is 477 g/mol. The number of benzene rings is 2. The topological polar surface area (TPSA) is 109 Å². The number of para-hydroxylation sites is 2. The highest BCUT2D eigenvalue weighted by atomic mass is 16.5. The van der Waals surface area contributed by atoms with Crippen molar-refractivity contribution in [1.29, 1.82) is 0 Å². The third-order valence-corrected chi connectivity index (χ3v) is 6.25. The zero-order valence-corrected chi connectivity index (χ0v) is 19.5. The van der Waals surface area contributed by atoms with Crippen LogP contribution in [0.1, 0.15) is 0 Å². The lowest BCUT2D eigenvalue weighted by Gasteiger charge is -2.36. The third-order valence-electron chi connectivity index (χ3n) is 6.25. The number of fused-ring (bicyclic) bond motifs is 1. The molecule has 2 aromatic carbocycles. The summed E-state index contributed by atoms with van der Waals surface area (Å²) in [5.74, 6) is 1.21. The zero-order chi connectivity index (χ0) is 24.4. The van der Waals surface area contributed by atoms with E-state index >= 15 is 0 Å². The standard InChI is InChI=1S/C25H28N6O4/c1-28-22-21(23(33)27-25(28)34)31(16-19(32)17-35-20-10-6-3-7-11-20)24(26-22)30-14-12-29(13-15-30)18-8-4-2-5-9-18/h2-11,19,32H,12-17H2,1H3,(H,27,33,34)/t19-/m1/s1. The first kappa shape index (κ1) is 22.7. The number of anilines is 2. The van der Waals surface area contributed by atoms with Gasteiger partial charge in [0.05, 0.1) is 6.54 Å². The molecule has 5 rings (SSSR count). The van der Waals surface area contributed by atoms with E-state index in [0.29, 0.717) is 24.8 Å². The first-order chi connectivity index (χ1) is 17.0. The molecule has 10 nitrogen and oxygen atoms in total. The van der Waals surface area contributed by atoms with Gasteiger partial charge in [0.2, 0.25) is 5.95 Å². The fraction of sp³-hybridized carbons (Fsp3) is 0.320. The molecule has 2 aromatic heterocycles. The Morgan fingerprint density at radius 1 is 0.971 bits per heavy atom. The fourth-order valence-corrected chi connectivity index (χ4v) is 4.41. The smallest absolute Gasteiger partial charge is 0.329 e. The Balaban J connectivity index is 1.42. The summed E-state index contributed by atoms with van der Waals surface area (Å²) in [7, 11) is 1.57. The summed E-state index contributed by atoms with van der Waals surface area (Å²) in [6.45, 7) is 3.07. The molecule has 10 heteroatoms. The lowest BCUT2D eigenvalue weighted by Crippen LogP contribution is -2.47. The molecule has 1 aliphatic heterocycles. The molecular formula is C25H28N6O4. The first-order valence-electron chi connectivity index (χ1n) is 11.6. The number of imidazole rings is 1. The summed E-state index contributed by atoms with van der Waals surface area (Å²) in [6.07, 6.45) is -0.895. The summed E-state index contributed by atoms with van der Waals surface area (Å²) in [5, 5.41) is 10.8. The quantitative estimate of drug-likeness (QED) is 0.412. The lowest BCUT2D eigenvalue weighted by molar-refractivity contribution is 0.0936. The van der Waals surface area contributed by atoms with Crippen LogP contribution in [0.15, 0.2) is 70.3 Å². The van der Waals surface area contributed by atoms with E-state index in [1.165, 1.54) is 4.57 Å². The Kier molecular flexibility index (Phi) is 6.28. The van der Waals surface area contributed by atoms with E-state index < -0.39 is 17.4 Å². The summed E-state index contributed by atoms with van der Waals surface area (Å²) < 4.78 is 8.73. The van der Waals surface area contributed by atoms with Crippen LogP contribution in [0.3, 0.4) is 0 Å². The predicted octanol–water partition coefficient (Wildman–Crippen LogP) is 1.19. The van der Waals surface area contributed by atoms with Gasteiger partial charge in [-0.2, -0.15) is 4.98 Å². The van der Waals surface area contributed by atoms with Crippen LogP contribution in [0.2, 0.25) is 0 Å². The molecule has 35 heavy (non-hydrogen) atoms. The number of aliphatic hydroxyl groups is 1. The van der Waals surface area contributed by atoms with E-state index in [1.54, 1.807) is 11.6 Å². The van der Waals surface area contributed by atoms with Gasteiger partial charge in [0.15, 0.2) is 11.2 Å². The van der Waals surface area contributed by atoms with E-state index in [-0.39, 0.29) is 24.3 Å². The maximum atomic E-state index is 12.8. The molecule has 1 fully saturated rings. The second-order valence-electron chi connectivity index (χ2n) is 8.60. The number of piperazine rings is 1. The van der Waals surface area contributed by atoms with Gasteiger partial charge in [0, 0.05) is 38.9 Å². The molecule has 0 spiro atoms. The van der Waals surface area contributed by atoms with E-state index in [9.17, 15) is 14.7 Å². The Labute approximate surface area is 201 Å². The third kappa shape index (κ3) is 4.65. The molecule has 0 unspecified atom stereocenters. The minimum atomic E-state index is -0.895. The molecule has 2 N–H and O–H groups in total. The number of hydrogen-bond acceptors (Lipinski definition) is 7. The number of nitrogens with one attached hydrogen (secondary N) is 1. The Bertz CT molecular complexity index is 1410. The molecule has 0 amide bonds. The Morgan fingerprint density at radius 3 is 2.29 bits per heavy atom. The van der Waals surface area contributed by atoms with Crippen LogP contribution in [0.4, 0.5) is 11.6 Å². The maximum absolute atomic E-state index is 12.8. The molecule has 1 atom stereocenters. The largest absolute Gasteiger partial charge is 0.491 e. The van der Waals surface area contributed by atoms with Crippen LogP contribution >= 0.6 is 0 Å². The Hall–Kier alpha value is -4.05. The van der Waals surface area contributed by atoms with Crippen LogP contribution in [0, 0.1) is 0 Å². The predicted molar refractivity (Wildman–Crippen MR) is 134 cm³/mol. The van der Waals surface area contributed by atoms with Gasteiger partial charge in [0.25, 0.3) is 5.56 Å². The van der Waals surface area contributed by atoms with Crippen LogP contribution in [0.5, 0.6) is 5.75 Å². The van der Waals surface area contributed by atoms with E-state index in [0.717, 1.165) is 18.8 Å². The van der Waals surface area contributed by atoms with Gasteiger partial charge in [-0.1, -0.05) is 36.4 Å². The highest BCUT2D eigenvalue weighted by molar-refractivity contribution is 5.74. The molecule has 4 aromatic rings. The zero-order valence-electron chi connectivity index (χ0n) is 19.5. The molecule has 3 heterocycles. The van der Waals surface area contributed by atoms with Crippen LogP contribution < -0.4 is 25.8 Å². The number of rotatable bonds is 7. The molecule has 1 saturated heterocycles. The highest BCUT2D eigenvalue weighted by Gasteiger charge is 2.26. The van der Waals surface area contributed by atoms with Gasteiger partial charge in [-0.15, -0.1) is 0 Å². The summed E-state index contributed by atoms with van der Waals surface area (Å²) in [4.78, 5) is 36.4. The van der Waals surface area contributed by atoms with E-state index in [4.69, 9.17) is 4.74 Å².